The van der Waals surface area contributed by atoms with Crippen LogP contribution in [0.15, 0.2) is 46.0 Å². The maximum absolute atomic E-state index is 11.1. The molecule has 28 heavy (non-hydrogen) atoms. The molecule has 1 aromatic heterocycles. The zero-order valence-electron chi connectivity index (χ0n) is 14.8. The molecule has 0 saturated heterocycles. The lowest BCUT2D eigenvalue weighted by molar-refractivity contribution is -0.333. The molecule has 0 bridgehead atoms. The number of hydrogen-bond acceptors (Lipinski definition) is 9. The average molecular weight is 419 g/mol. The van der Waals surface area contributed by atoms with Gasteiger partial charge in [-0.05, 0) is 48.6 Å². The first-order chi connectivity index (χ1) is 13.4. The molecule has 146 valence electrons. The molecule has 10 heteroatoms. The van der Waals surface area contributed by atoms with Crippen LogP contribution >= 0.6 is 19.6 Å². The lowest BCUT2D eigenvalue weighted by Gasteiger charge is -2.30. The van der Waals surface area contributed by atoms with E-state index in [-0.39, 0.29) is 12.5 Å². The van der Waals surface area contributed by atoms with E-state index in [1.165, 1.54) is 24.1 Å². The monoisotopic (exact) mass is 419 g/mol. The summed E-state index contributed by atoms with van der Waals surface area (Å²) in [5.74, 6) is 1.27. The van der Waals surface area contributed by atoms with Crippen LogP contribution in [0.1, 0.15) is 5.56 Å². The molecule has 0 N–H and O–H groups in total. The summed E-state index contributed by atoms with van der Waals surface area (Å²) in [5, 5.41) is 4.08. The molecule has 8 nitrogen and oxygen atoms in total. The van der Waals surface area contributed by atoms with E-state index in [4.69, 9.17) is 14.0 Å². The summed E-state index contributed by atoms with van der Waals surface area (Å²) in [4.78, 5) is 22.7. The molecule has 4 rings (SSSR count). The van der Waals surface area contributed by atoms with Gasteiger partial charge in [-0.3, -0.25) is 0 Å². The number of fused-ring (bicyclic) bond motifs is 1. The second-order valence-electron chi connectivity index (χ2n) is 6.01. The Labute approximate surface area is 164 Å². The third-order valence-corrected chi connectivity index (χ3v) is 5.38. The Hall–Kier alpha value is -2.45. The second kappa shape index (κ2) is 7.18. The highest BCUT2D eigenvalue weighted by molar-refractivity contribution is 7.98. The van der Waals surface area contributed by atoms with Crippen molar-refractivity contribution in [1.29, 1.82) is 0 Å². The van der Waals surface area contributed by atoms with Gasteiger partial charge in [0.2, 0.25) is 6.79 Å². The van der Waals surface area contributed by atoms with Crippen LogP contribution in [0.25, 0.3) is 22.4 Å². The zero-order chi connectivity index (χ0) is 19.9. The smallest absolute Gasteiger partial charge is 0.231 e. The number of thioether (sulfide) groups is 1. The van der Waals surface area contributed by atoms with E-state index in [1.807, 2.05) is 13.0 Å². The van der Waals surface area contributed by atoms with Gasteiger partial charge in [0.1, 0.15) is 25.5 Å². The van der Waals surface area contributed by atoms with Crippen LogP contribution < -0.4 is 23.8 Å². The molecule has 1 aliphatic rings. The average Bonchev–Trinajstić information content (AvgIpc) is 3.29. The summed E-state index contributed by atoms with van der Waals surface area (Å²) in [6, 6.07) is 8.62. The summed E-state index contributed by atoms with van der Waals surface area (Å²) in [5.41, 5.74) is 3.38. The molecule has 0 saturated carbocycles. The van der Waals surface area contributed by atoms with Crippen molar-refractivity contribution in [3.8, 4) is 39.6 Å². The molecule has 0 spiro atoms. The Morgan fingerprint density at radius 1 is 1.18 bits per heavy atom. The highest BCUT2D eigenvalue weighted by atomic mass is 32.2. The van der Waals surface area contributed by atoms with Gasteiger partial charge >= 0.3 is 0 Å². The maximum atomic E-state index is 11.1. The van der Waals surface area contributed by atoms with E-state index in [1.54, 1.807) is 24.5 Å². The first-order valence-electron chi connectivity index (χ1n) is 8.11. The van der Waals surface area contributed by atoms with Gasteiger partial charge in [-0.2, -0.15) is 0 Å². The quantitative estimate of drug-likeness (QED) is 0.454. The number of ether oxygens (including phenoxy) is 2. The first kappa shape index (κ1) is 18.9. The van der Waals surface area contributed by atoms with Crippen molar-refractivity contribution in [1.82, 2.24) is 5.16 Å². The van der Waals surface area contributed by atoms with E-state index in [9.17, 15) is 14.4 Å². The van der Waals surface area contributed by atoms with E-state index in [0.717, 1.165) is 11.1 Å². The number of phosphoric ester groups is 1. The third-order valence-electron chi connectivity index (χ3n) is 4.19. The van der Waals surface area contributed by atoms with E-state index in [0.29, 0.717) is 33.2 Å². The second-order valence-corrected chi connectivity index (χ2v) is 7.93. The van der Waals surface area contributed by atoms with Crippen molar-refractivity contribution in [2.45, 2.75) is 11.8 Å². The molecule has 0 amide bonds. The SMILES string of the molecule is CSc1ccc(-c2conc2-c2cc(C)c3c(c2)OCO3)cc1OP(=O)([O-])[O-]. The fourth-order valence-corrected chi connectivity index (χ4v) is 3.97. The number of hydrogen-bond donors (Lipinski definition) is 0. The fraction of sp³-hybridized carbons (Fsp3) is 0.167. The van der Waals surface area contributed by atoms with Crippen molar-refractivity contribution < 1.29 is 32.9 Å². The normalized spacial score (nSPS) is 13.0. The highest BCUT2D eigenvalue weighted by Gasteiger charge is 2.21. The molecule has 2 aromatic carbocycles. The molecule has 0 unspecified atom stereocenters. The molecule has 0 atom stereocenters. The van der Waals surface area contributed by atoms with Gasteiger partial charge in [0, 0.05) is 16.0 Å². The third kappa shape index (κ3) is 3.62. The molecular formula is C18H14NO7PS-2. The first-order valence-corrected chi connectivity index (χ1v) is 10.8. The molecule has 2 heterocycles. The number of aryl methyl sites for hydroxylation is 1. The summed E-state index contributed by atoms with van der Waals surface area (Å²) < 4.78 is 31.8. The predicted molar refractivity (Wildman–Crippen MR) is 98.3 cm³/mol. The minimum atomic E-state index is -5.19. The number of rotatable bonds is 5. The number of aromatic nitrogens is 1. The van der Waals surface area contributed by atoms with E-state index >= 15 is 0 Å². The van der Waals surface area contributed by atoms with Gasteiger partial charge in [0.15, 0.2) is 11.5 Å². The van der Waals surface area contributed by atoms with Crippen LogP contribution in [0.4, 0.5) is 0 Å². The van der Waals surface area contributed by atoms with Gasteiger partial charge in [0.05, 0.1) is 0 Å². The predicted octanol–water partition coefficient (Wildman–Crippen LogP) is 2.98. The standard InChI is InChI=1S/C18H16NO7PS/c1-10-5-12(7-15-18(10)24-9-23-15)17-13(8-25-19-17)11-3-4-16(28-2)14(6-11)26-27(20,21)22/h3-8H,9H2,1-2H3,(H2,20,21,22)/p-2. The summed E-state index contributed by atoms with van der Waals surface area (Å²) in [6.07, 6.45) is 3.20. The van der Waals surface area contributed by atoms with Crippen LogP contribution in [0.3, 0.4) is 0 Å². The summed E-state index contributed by atoms with van der Waals surface area (Å²) >= 11 is 1.26. The topological polar surface area (TPSA) is 117 Å². The van der Waals surface area contributed by atoms with Crippen LogP contribution in [-0.4, -0.2) is 18.2 Å². The Morgan fingerprint density at radius 2 is 2.00 bits per heavy atom. The highest BCUT2D eigenvalue weighted by Crippen LogP contribution is 2.43. The van der Waals surface area contributed by atoms with Crippen LogP contribution in [-0.2, 0) is 4.57 Å². The maximum Gasteiger partial charge on any atom is 0.231 e. The zero-order valence-corrected chi connectivity index (χ0v) is 16.5. The molecular weight excluding hydrogens is 405 g/mol. The van der Waals surface area contributed by atoms with Crippen molar-refractivity contribution in [3.63, 3.8) is 0 Å². The Kier molecular flexibility index (Phi) is 4.84. The van der Waals surface area contributed by atoms with Crippen molar-refractivity contribution in [3.05, 3.63) is 42.2 Å². The van der Waals surface area contributed by atoms with Crippen LogP contribution in [0.2, 0.25) is 0 Å². The minimum absolute atomic E-state index is 0.0349. The van der Waals surface area contributed by atoms with Gasteiger partial charge < -0.3 is 32.9 Å². The lowest BCUT2D eigenvalue weighted by atomic mass is 10.00. The van der Waals surface area contributed by atoms with Crippen molar-refractivity contribution in [2.24, 2.45) is 0 Å². The Morgan fingerprint density at radius 3 is 2.75 bits per heavy atom. The largest absolute Gasteiger partial charge is 0.780 e. The van der Waals surface area contributed by atoms with Gasteiger partial charge in [0.25, 0.3) is 0 Å². The van der Waals surface area contributed by atoms with Crippen molar-refractivity contribution in [2.75, 3.05) is 13.0 Å². The van der Waals surface area contributed by atoms with Gasteiger partial charge in [-0.15, -0.1) is 11.8 Å². The van der Waals surface area contributed by atoms with Crippen LogP contribution in [0, 0.1) is 6.92 Å². The fourth-order valence-electron chi connectivity index (χ4n) is 3.01. The lowest BCUT2D eigenvalue weighted by Crippen LogP contribution is -2.18. The van der Waals surface area contributed by atoms with E-state index < -0.39 is 7.82 Å². The molecule has 0 radical (unpaired) electrons. The van der Waals surface area contributed by atoms with Crippen LogP contribution in [0.5, 0.6) is 17.2 Å². The number of benzene rings is 2. The summed E-state index contributed by atoms with van der Waals surface area (Å²) in [6.45, 7) is 2.06. The Bertz CT molecular complexity index is 1090. The molecule has 1 aliphatic heterocycles. The number of nitrogens with zero attached hydrogens (tertiary/aromatic N) is 1. The van der Waals surface area contributed by atoms with Crippen molar-refractivity contribution >= 4 is 19.6 Å². The van der Waals surface area contributed by atoms with E-state index in [2.05, 4.69) is 9.68 Å². The molecule has 0 fully saturated rings. The Balaban J connectivity index is 1.79. The van der Waals surface area contributed by atoms with Gasteiger partial charge in [-0.25, -0.2) is 0 Å². The minimum Gasteiger partial charge on any atom is -0.780 e. The molecule has 0 aliphatic carbocycles. The summed E-state index contributed by atoms with van der Waals surface area (Å²) in [7, 11) is -5.19. The molecule has 3 aromatic rings. The van der Waals surface area contributed by atoms with Gasteiger partial charge in [-0.1, -0.05) is 11.2 Å². The number of phosphoric acid groups is 1.